The number of fused-ring (bicyclic) bond motifs is 1. The van der Waals surface area contributed by atoms with Gasteiger partial charge in [0.1, 0.15) is 17.3 Å². The molecule has 1 aliphatic rings. The Morgan fingerprint density at radius 3 is 2.80 bits per heavy atom. The second-order valence-electron chi connectivity index (χ2n) is 6.33. The van der Waals surface area contributed by atoms with Crippen LogP contribution in [0.15, 0.2) is 24.3 Å². The molecule has 2 aromatic rings. The van der Waals surface area contributed by atoms with E-state index in [0.29, 0.717) is 35.5 Å². The van der Waals surface area contributed by atoms with Gasteiger partial charge in [0.2, 0.25) is 6.79 Å². The number of amides is 1. The molecule has 132 valence electrons. The fourth-order valence-electron chi connectivity index (χ4n) is 2.41. The summed E-state index contributed by atoms with van der Waals surface area (Å²) in [7, 11) is 0. The zero-order valence-electron chi connectivity index (χ0n) is 14.6. The van der Waals surface area contributed by atoms with E-state index in [4.69, 9.17) is 9.47 Å². The van der Waals surface area contributed by atoms with Crippen molar-refractivity contribution in [3.63, 3.8) is 0 Å². The van der Waals surface area contributed by atoms with Gasteiger partial charge in [-0.1, -0.05) is 19.9 Å². The van der Waals surface area contributed by atoms with Crippen LogP contribution in [0.4, 0.5) is 5.82 Å². The van der Waals surface area contributed by atoms with Gasteiger partial charge in [0.05, 0.1) is 0 Å². The maximum Gasteiger partial charge on any atom is 0.270 e. The zero-order valence-corrected chi connectivity index (χ0v) is 14.6. The molecule has 0 spiro atoms. The van der Waals surface area contributed by atoms with E-state index in [2.05, 4.69) is 34.4 Å². The van der Waals surface area contributed by atoms with Crippen LogP contribution in [0.1, 0.15) is 35.7 Å². The Hall–Kier alpha value is -2.83. The molecule has 3 rings (SSSR count). The summed E-state index contributed by atoms with van der Waals surface area (Å²) < 4.78 is 10.6. The number of anilines is 1. The van der Waals surface area contributed by atoms with E-state index < -0.39 is 0 Å². The van der Waals surface area contributed by atoms with Gasteiger partial charge in [0.25, 0.3) is 5.91 Å². The van der Waals surface area contributed by atoms with E-state index in [1.54, 1.807) is 13.0 Å². The third kappa shape index (κ3) is 4.37. The van der Waals surface area contributed by atoms with Crippen LogP contribution in [0.5, 0.6) is 11.5 Å². The Morgan fingerprint density at radius 2 is 2.00 bits per heavy atom. The molecule has 2 N–H and O–H groups in total. The molecule has 7 heteroatoms. The summed E-state index contributed by atoms with van der Waals surface area (Å²) in [5.41, 5.74) is 1.28. The van der Waals surface area contributed by atoms with Crippen molar-refractivity contribution in [1.29, 1.82) is 0 Å². The summed E-state index contributed by atoms with van der Waals surface area (Å²) in [5.74, 6) is 2.89. The number of nitrogens with zero attached hydrogens (tertiary/aromatic N) is 2. The topological polar surface area (TPSA) is 85.4 Å². The molecule has 1 aromatic heterocycles. The number of aromatic nitrogens is 2. The Morgan fingerprint density at radius 1 is 1.20 bits per heavy atom. The largest absolute Gasteiger partial charge is 0.454 e. The Kier molecular flexibility index (Phi) is 5.02. The molecule has 25 heavy (non-hydrogen) atoms. The second kappa shape index (κ2) is 7.38. The van der Waals surface area contributed by atoms with Crippen LogP contribution in [0.2, 0.25) is 0 Å². The van der Waals surface area contributed by atoms with Crippen LogP contribution >= 0.6 is 0 Å². The molecule has 7 nitrogen and oxygen atoms in total. The molecule has 0 bridgehead atoms. The normalized spacial score (nSPS) is 12.3. The number of carbonyl (C=O) groups excluding carboxylic acids is 1. The van der Waals surface area contributed by atoms with Crippen LogP contribution in [-0.2, 0) is 6.54 Å². The fraction of sp³-hybridized carbons (Fsp3) is 0.389. The first-order chi connectivity index (χ1) is 12.0. The van der Waals surface area contributed by atoms with Crippen molar-refractivity contribution in [3.05, 3.63) is 41.3 Å². The minimum Gasteiger partial charge on any atom is -0.454 e. The van der Waals surface area contributed by atoms with Crippen molar-refractivity contribution in [3.8, 4) is 11.5 Å². The molecule has 2 heterocycles. The average molecular weight is 342 g/mol. The number of hydrogen-bond acceptors (Lipinski definition) is 6. The van der Waals surface area contributed by atoms with Crippen molar-refractivity contribution in [2.45, 2.75) is 27.3 Å². The molecule has 0 saturated heterocycles. The summed E-state index contributed by atoms with van der Waals surface area (Å²) in [6, 6.07) is 7.27. The molecule has 0 atom stereocenters. The van der Waals surface area contributed by atoms with Gasteiger partial charge in [-0.05, 0) is 30.5 Å². The lowest BCUT2D eigenvalue weighted by molar-refractivity contribution is 0.0945. The zero-order chi connectivity index (χ0) is 17.8. The van der Waals surface area contributed by atoms with Gasteiger partial charge in [-0.15, -0.1) is 0 Å². The number of hydrogen-bond donors (Lipinski definition) is 2. The molecule has 1 aromatic carbocycles. The van der Waals surface area contributed by atoms with Gasteiger partial charge in [-0.2, -0.15) is 0 Å². The van der Waals surface area contributed by atoms with E-state index >= 15 is 0 Å². The molecule has 0 saturated carbocycles. The maximum atomic E-state index is 12.4. The minimum atomic E-state index is -0.240. The fourth-order valence-corrected chi connectivity index (χ4v) is 2.41. The summed E-state index contributed by atoms with van der Waals surface area (Å²) >= 11 is 0. The number of aryl methyl sites for hydroxylation is 1. The maximum absolute atomic E-state index is 12.4. The predicted octanol–water partition coefficient (Wildman–Crippen LogP) is 2.51. The van der Waals surface area contributed by atoms with Crippen molar-refractivity contribution in [2.24, 2.45) is 5.92 Å². The van der Waals surface area contributed by atoms with Gasteiger partial charge in [0, 0.05) is 19.2 Å². The molecular formula is C18H22N4O3. The SMILES string of the molecule is Cc1nc(NCC(C)C)cc(C(=O)NCc2ccc3c(c2)OCO3)n1. The van der Waals surface area contributed by atoms with E-state index in [1.807, 2.05) is 18.2 Å². The summed E-state index contributed by atoms with van der Waals surface area (Å²) in [6.07, 6.45) is 0. The third-order valence-corrected chi connectivity index (χ3v) is 3.65. The smallest absolute Gasteiger partial charge is 0.270 e. The van der Waals surface area contributed by atoms with E-state index in [-0.39, 0.29) is 12.7 Å². The molecule has 0 aliphatic carbocycles. The molecule has 0 radical (unpaired) electrons. The van der Waals surface area contributed by atoms with Crippen molar-refractivity contribution >= 4 is 11.7 Å². The Bertz CT molecular complexity index is 777. The lowest BCUT2D eigenvalue weighted by Crippen LogP contribution is -2.24. The van der Waals surface area contributed by atoms with Gasteiger partial charge in [-0.25, -0.2) is 9.97 Å². The highest BCUT2D eigenvalue weighted by molar-refractivity contribution is 5.92. The predicted molar refractivity (Wildman–Crippen MR) is 93.8 cm³/mol. The van der Waals surface area contributed by atoms with Crippen LogP contribution < -0.4 is 20.1 Å². The molecular weight excluding hydrogens is 320 g/mol. The van der Waals surface area contributed by atoms with Crippen LogP contribution in [0.3, 0.4) is 0 Å². The number of benzene rings is 1. The lowest BCUT2D eigenvalue weighted by atomic mass is 10.2. The molecule has 0 fully saturated rings. The van der Waals surface area contributed by atoms with Crippen LogP contribution in [0, 0.1) is 12.8 Å². The summed E-state index contributed by atoms with van der Waals surface area (Å²) in [6.45, 7) is 7.40. The summed E-state index contributed by atoms with van der Waals surface area (Å²) in [4.78, 5) is 20.9. The van der Waals surface area contributed by atoms with Gasteiger partial charge >= 0.3 is 0 Å². The Labute approximate surface area is 146 Å². The van der Waals surface area contributed by atoms with Crippen molar-refractivity contribution < 1.29 is 14.3 Å². The van der Waals surface area contributed by atoms with Crippen LogP contribution in [-0.4, -0.2) is 29.2 Å². The highest BCUT2D eigenvalue weighted by Gasteiger charge is 2.14. The molecule has 0 unspecified atom stereocenters. The van der Waals surface area contributed by atoms with Gasteiger partial charge < -0.3 is 20.1 Å². The first kappa shape index (κ1) is 17.0. The number of rotatable bonds is 6. The van der Waals surface area contributed by atoms with Crippen molar-refractivity contribution in [2.75, 3.05) is 18.7 Å². The molecule has 1 amide bonds. The van der Waals surface area contributed by atoms with E-state index in [0.717, 1.165) is 17.9 Å². The summed E-state index contributed by atoms with van der Waals surface area (Å²) in [5, 5.41) is 6.09. The van der Waals surface area contributed by atoms with Gasteiger partial charge in [-0.3, -0.25) is 4.79 Å². The average Bonchev–Trinajstić information content (AvgIpc) is 3.05. The lowest BCUT2D eigenvalue weighted by Gasteiger charge is -2.11. The first-order valence-electron chi connectivity index (χ1n) is 8.27. The first-order valence-corrected chi connectivity index (χ1v) is 8.27. The number of nitrogens with one attached hydrogen (secondary N) is 2. The standard InChI is InChI=1S/C18H22N4O3/c1-11(2)8-19-17-7-14(21-12(3)22-17)18(23)20-9-13-4-5-15-16(6-13)25-10-24-15/h4-7,11H,8-10H2,1-3H3,(H,20,23)(H,19,21,22). The van der Waals surface area contributed by atoms with E-state index in [1.165, 1.54) is 0 Å². The quantitative estimate of drug-likeness (QED) is 0.839. The number of carbonyl (C=O) groups is 1. The monoisotopic (exact) mass is 342 g/mol. The number of ether oxygens (including phenoxy) is 2. The van der Waals surface area contributed by atoms with Gasteiger partial charge in [0.15, 0.2) is 11.5 Å². The minimum absolute atomic E-state index is 0.234. The van der Waals surface area contributed by atoms with Crippen LogP contribution in [0.25, 0.3) is 0 Å². The molecule has 1 aliphatic heterocycles. The third-order valence-electron chi connectivity index (χ3n) is 3.65. The second-order valence-corrected chi connectivity index (χ2v) is 6.33. The highest BCUT2D eigenvalue weighted by Crippen LogP contribution is 2.32. The highest BCUT2D eigenvalue weighted by atomic mass is 16.7. The Balaban J connectivity index is 1.64. The van der Waals surface area contributed by atoms with E-state index in [9.17, 15) is 4.79 Å². The van der Waals surface area contributed by atoms with Crippen molar-refractivity contribution in [1.82, 2.24) is 15.3 Å².